The lowest BCUT2D eigenvalue weighted by atomic mass is 10.0. The molecule has 3 saturated heterocycles. The number of nitrogens with zero attached hydrogens (tertiary/aromatic N) is 5. The van der Waals surface area contributed by atoms with E-state index in [9.17, 15) is 4.79 Å². The van der Waals surface area contributed by atoms with E-state index in [4.69, 9.17) is 0 Å². The third-order valence-corrected chi connectivity index (χ3v) is 6.25. The van der Waals surface area contributed by atoms with E-state index in [1.807, 2.05) is 15.8 Å². The van der Waals surface area contributed by atoms with Gasteiger partial charge in [-0.25, -0.2) is 4.68 Å². The Morgan fingerprint density at radius 1 is 0.962 bits per heavy atom. The van der Waals surface area contributed by atoms with Crippen LogP contribution in [0.5, 0.6) is 0 Å². The lowest BCUT2D eigenvalue weighted by molar-refractivity contribution is 0.0573. The van der Waals surface area contributed by atoms with Crippen molar-refractivity contribution < 1.29 is 4.79 Å². The second-order valence-electron chi connectivity index (χ2n) is 8.06. The van der Waals surface area contributed by atoms with Gasteiger partial charge in [0.05, 0.1) is 12.2 Å². The summed E-state index contributed by atoms with van der Waals surface area (Å²) in [6, 6.07) is 0.891. The minimum Gasteiger partial charge on any atom is -0.336 e. The zero-order valence-corrected chi connectivity index (χ0v) is 15.8. The average molecular weight is 361 g/mol. The fourth-order valence-electron chi connectivity index (χ4n) is 4.68. The van der Waals surface area contributed by atoms with Gasteiger partial charge in [-0.1, -0.05) is 18.1 Å². The quantitative estimate of drug-likeness (QED) is 0.888. The molecule has 1 amide bonds. The molecule has 1 aromatic heterocycles. The van der Waals surface area contributed by atoms with Crippen molar-refractivity contribution in [3.8, 4) is 0 Å². The first kappa shape index (κ1) is 17.9. The summed E-state index contributed by atoms with van der Waals surface area (Å²) in [7, 11) is 0. The van der Waals surface area contributed by atoms with Crippen LogP contribution < -0.4 is 5.32 Å². The Bertz CT molecular complexity index is 589. The monoisotopic (exact) mass is 360 g/mol. The van der Waals surface area contributed by atoms with E-state index in [1.54, 1.807) is 0 Å². The highest BCUT2D eigenvalue weighted by atomic mass is 16.2. The summed E-state index contributed by atoms with van der Waals surface area (Å²) in [5.74, 6) is 0.0599. The molecular formula is C19H32N6O. The molecule has 0 spiro atoms. The Morgan fingerprint density at radius 2 is 1.73 bits per heavy atom. The van der Waals surface area contributed by atoms with Crippen LogP contribution in [0, 0.1) is 0 Å². The maximum atomic E-state index is 13.0. The van der Waals surface area contributed by atoms with Crippen LogP contribution in [-0.4, -0.2) is 76.0 Å². The van der Waals surface area contributed by atoms with Gasteiger partial charge in [-0.3, -0.25) is 9.69 Å². The van der Waals surface area contributed by atoms with Gasteiger partial charge in [0.1, 0.15) is 0 Å². The number of carbonyl (C=O) groups excluding carboxylic acids is 1. The van der Waals surface area contributed by atoms with Crippen LogP contribution in [0.4, 0.5) is 0 Å². The summed E-state index contributed by atoms with van der Waals surface area (Å²) >= 11 is 0. The zero-order chi connectivity index (χ0) is 17.8. The number of nitrogens with one attached hydrogen (secondary N) is 1. The van der Waals surface area contributed by atoms with Crippen LogP contribution in [0.3, 0.4) is 0 Å². The second kappa shape index (κ2) is 8.48. The van der Waals surface area contributed by atoms with Gasteiger partial charge in [-0.05, 0) is 64.7 Å². The maximum absolute atomic E-state index is 13.0. The summed E-state index contributed by atoms with van der Waals surface area (Å²) in [6.45, 7) is 6.11. The van der Waals surface area contributed by atoms with Crippen molar-refractivity contribution in [2.45, 2.75) is 63.5 Å². The van der Waals surface area contributed by atoms with E-state index in [2.05, 4.69) is 20.5 Å². The number of hydrogen-bond acceptors (Lipinski definition) is 5. The highest BCUT2D eigenvalue weighted by molar-refractivity contribution is 5.92. The highest BCUT2D eigenvalue weighted by Gasteiger charge is 2.30. The predicted molar refractivity (Wildman–Crippen MR) is 100 cm³/mol. The fourth-order valence-corrected chi connectivity index (χ4v) is 4.68. The van der Waals surface area contributed by atoms with Gasteiger partial charge in [0.15, 0.2) is 5.69 Å². The molecule has 26 heavy (non-hydrogen) atoms. The molecule has 0 radical (unpaired) electrons. The van der Waals surface area contributed by atoms with Crippen LogP contribution in [-0.2, 0) is 0 Å². The third kappa shape index (κ3) is 4.09. The van der Waals surface area contributed by atoms with E-state index in [0.29, 0.717) is 17.8 Å². The van der Waals surface area contributed by atoms with E-state index < -0.39 is 0 Å². The van der Waals surface area contributed by atoms with Crippen LogP contribution in [0.1, 0.15) is 67.9 Å². The lowest BCUT2D eigenvalue weighted by Crippen LogP contribution is -2.50. The SMILES string of the molecule is O=C(c1cn(C2CCNCC2)nn1)N1CCCC(N2CCCCCC2)C1. The zero-order valence-electron chi connectivity index (χ0n) is 15.8. The van der Waals surface area contributed by atoms with E-state index in [-0.39, 0.29) is 5.91 Å². The topological polar surface area (TPSA) is 66.3 Å². The summed E-state index contributed by atoms with van der Waals surface area (Å²) in [5.41, 5.74) is 0.514. The molecule has 3 aliphatic rings. The molecule has 3 fully saturated rings. The van der Waals surface area contributed by atoms with E-state index in [1.165, 1.54) is 45.2 Å². The van der Waals surface area contributed by atoms with E-state index >= 15 is 0 Å². The van der Waals surface area contributed by atoms with Crippen molar-refractivity contribution in [3.63, 3.8) is 0 Å². The van der Waals surface area contributed by atoms with Crippen molar-refractivity contribution in [1.29, 1.82) is 0 Å². The molecule has 1 unspecified atom stereocenters. The molecule has 1 N–H and O–H groups in total. The fraction of sp³-hybridized carbons (Fsp3) is 0.842. The minimum atomic E-state index is 0.0599. The number of amides is 1. The molecule has 7 nitrogen and oxygen atoms in total. The molecule has 7 heteroatoms. The largest absolute Gasteiger partial charge is 0.336 e. The standard InChI is InChI=1S/C19H32N6O/c26-19(18-15-25(22-21-18)16-7-9-20-10-8-16)24-13-5-6-17(14-24)23-11-3-1-2-4-12-23/h15-17,20H,1-14H2. The Kier molecular flexibility index (Phi) is 5.84. The number of hydrogen-bond donors (Lipinski definition) is 1. The van der Waals surface area contributed by atoms with Crippen LogP contribution in [0.25, 0.3) is 0 Å². The first-order valence-corrected chi connectivity index (χ1v) is 10.5. The van der Waals surface area contributed by atoms with Crippen molar-refractivity contribution in [2.75, 3.05) is 39.3 Å². The first-order chi connectivity index (χ1) is 12.8. The molecular weight excluding hydrogens is 328 g/mol. The molecule has 3 aliphatic heterocycles. The van der Waals surface area contributed by atoms with Gasteiger partial charge in [0, 0.05) is 19.1 Å². The van der Waals surface area contributed by atoms with Gasteiger partial charge in [-0.15, -0.1) is 5.10 Å². The number of piperidine rings is 2. The lowest BCUT2D eigenvalue weighted by Gasteiger charge is -2.38. The maximum Gasteiger partial charge on any atom is 0.276 e. The Morgan fingerprint density at radius 3 is 2.50 bits per heavy atom. The third-order valence-electron chi connectivity index (χ3n) is 6.25. The molecule has 1 aromatic rings. The molecule has 4 rings (SSSR count). The van der Waals surface area contributed by atoms with Gasteiger partial charge in [0.2, 0.25) is 0 Å². The van der Waals surface area contributed by atoms with Gasteiger partial charge < -0.3 is 10.2 Å². The molecule has 0 aromatic carbocycles. The first-order valence-electron chi connectivity index (χ1n) is 10.5. The highest BCUT2D eigenvalue weighted by Crippen LogP contribution is 2.22. The molecule has 1 atom stereocenters. The minimum absolute atomic E-state index is 0.0599. The second-order valence-corrected chi connectivity index (χ2v) is 8.06. The summed E-state index contributed by atoms with van der Waals surface area (Å²) < 4.78 is 1.91. The van der Waals surface area contributed by atoms with Gasteiger partial charge in [0.25, 0.3) is 5.91 Å². The predicted octanol–water partition coefficient (Wildman–Crippen LogP) is 1.68. The van der Waals surface area contributed by atoms with Crippen LogP contribution in [0.15, 0.2) is 6.20 Å². The normalized spacial score (nSPS) is 26.6. The molecule has 0 bridgehead atoms. The molecule has 0 saturated carbocycles. The Balaban J connectivity index is 1.38. The summed E-state index contributed by atoms with van der Waals surface area (Å²) in [6.07, 6.45) is 11.6. The van der Waals surface area contributed by atoms with Crippen molar-refractivity contribution in [3.05, 3.63) is 11.9 Å². The molecule has 4 heterocycles. The molecule has 144 valence electrons. The Labute approximate surface area is 156 Å². The average Bonchev–Trinajstić information content (AvgIpc) is 3.03. The van der Waals surface area contributed by atoms with E-state index in [0.717, 1.165) is 45.4 Å². The van der Waals surface area contributed by atoms with Crippen molar-refractivity contribution >= 4 is 5.91 Å². The number of aromatic nitrogens is 3. The summed E-state index contributed by atoms with van der Waals surface area (Å²) in [5, 5.41) is 11.8. The number of rotatable bonds is 3. The van der Waals surface area contributed by atoms with Crippen LogP contribution >= 0.6 is 0 Å². The van der Waals surface area contributed by atoms with Crippen LogP contribution in [0.2, 0.25) is 0 Å². The van der Waals surface area contributed by atoms with Gasteiger partial charge >= 0.3 is 0 Å². The summed E-state index contributed by atoms with van der Waals surface area (Å²) in [4.78, 5) is 17.6. The molecule has 0 aliphatic carbocycles. The van der Waals surface area contributed by atoms with Crippen molar-refractivity contribution in [1.82, 2.24) is 30.1 Å². The smallest absolute Gasteiger partial charge is 0.276 e. The van der Waals surface area contributed by atoms with Crippen molar-refractivity contribution in [2.24, 2.45) is 0 Å². The number of likely N-dealkylation sites (tertiary alicyclic amines) is 2. The Hall–Kier alpha value is -1.47. The number of carbonyl (C=O) groups is 1. The van der Waals surface area contributed by atoms with Gasteiger partial charge in [-0.2, -0.15) is 0 Å².